The summed E-state index contributed by atoms with van der Waals surface area (Å²) in [6.07, 6.45) is 1.06. The molecular weight excluding hydrogens is 284 g/mol. The molecule has 0 aliphatic carbocycles. The minimum atomic E-state index is -3.40. The van der Waals surface area contributed by atoms with Gasteiger partial charge in [0.25, 0.3) is 0 Å². The molecule has 0 aromatic heterocycles. The Morgan fingerprint density at radius 2 is 1.67 bits per heavy atom. The van der Waals surface area contributed by atoms with Gasteiger partial charge in [-0.1, -0.05) is 26.8 Å². The lowest BCUT2D eigenvalue weighted by molar-refractivity contribution is 0.444. The Labute approximate surface area is 129 Å². The van der Waals surface area contributed by atoms with Gasteiger partial charge in [0.05, 0.1) is 4.90 Å². The first-order chi connectivity index (χ1) is 9.88. The average Bonchev–Trinajstić information content (AvgIpc) is 2.42. The molecule has 0 bridgehead atoms. The number of hydrogen-bond acceptors (Lipinski definition) is 3. The predicted octanol–water partition coefficient (Wildman–Crippen LogP) is 2.83. The molecule has 0 unspecified atom stereocenters. The highest BCUT2D eigenvalue weighted by Crippen LogP contribution is 2.23. The van der Waals surface area contributed by atoms with E-state index in [2.05, 4.69) is 12.2 Å². The summed E-state index contributed by atoms with van der Waals surface area (Å²) in [7, 11) is -3.40. The first-order valence-corrected chi connectivity index (χ1v) is 9.13. The van der Waals surface area contributed by atoms with E-state index < -0.39 is 10.0 Å². The Kier molecular flexibility index (Phi) is 6.84. The van der Waals surface area contributed by atoms with Gasteiger partial charge in [-0.25, -0.2) is 8.42 Å². The minimum Gasteiger partial charge on any atom is -0.313 e. The van der Waals surface area contributed by atoms with E-state index in [1.54, 1.807) is 0 Å². The molecule has 0 aliphatic rings. The molecule has 1 rings (SSSR count). The molecule has 0 aliphatic heterocycles. The van der Waals surface area contributed by atoms with Crippen molar-refractivity contribution in [3.8, 4) is 0 Å². The summed E-state index contributed by atoms with van der Waals surface area (Å²) in [5, 5.41) is 3.34. The van der Waals surface area contributed by atoms with E-state index in [-0.39, 0.29) is 0 Å². The van der Waals surface area contributed by atoms with Crippen molar-refractivity contribution in [2.45, 2.75) is 52.5 Å². The van der Waals surface area contributed by atoms with E-state index in [9.17, 15) is 8.42 Å². The molecule has 0 saturated heterocycles. The van der Waals surface area contributed by atoms with E-state index in [4.69, 9.17) is 0 Å². The van der Waals surface area contributed by atoms with Crippen LogP contribution in [0.5, 0.6) is 0 Å². The summed E-state index contributed by atoms with van der Waals surface area (Å²) >= 11 is 0. The third-order valence-corrected chi connectivity index (χ3v) is 5.89. The molecule has 0 atom stereocenters. The monoisotopic (exact) mass is 312 g/mol. The topological polar surface area (TPSA) is 49.4 Å². The van der Waals surface area contributed by atoms with Crippen LogP contribution < -0.4 is 5.32 Å². The number of nitrogens with zero attached hydrogens (tertiary/aromatic N) is 1. The van der Waals surface area contributed by atoms with Crippen LogP contribution >= 0.6 is 0 Å². The third-order valence-electron chi connectivity index (χ3n) is 3.70. The van der Waals surface area contributed by atoms with E-state index in [1.807, 2.05) is 39.8 Å². The molecular formula is C16H28N2O2S. The van der Waals surface area contributed by atoms with Gasteiger partial charge in [0.15, 0.2) is 0 Å². The summed E-state index contributed by atoms with van der Waals surface area (Å²) < 4.78 is 26.9. The zero-order chi connectivity index (χ0) is 16.0. The molecule has 120 valence electrons. The second kappa shape index (κ2) is 7.92. The van der Waals surface area contributed by atoms with Gasteiger partial charge in [-0.3, -0.25) is 0 Å². The van der Waals surface area contributed by atoms with Crippen molar-refractivity contribution >= 4 is 10.0 Å². The van der Waals surface area contributed by atoms with E-state index >= 15 is 0 Å². The molecule has 5 heteroatoms. The Hall–Kier alpha value is -0.910. The summed E-state index contributed by atoms with van der Waals surface area (Å²) in [4.78, 5) is 0.435. The van der Waals surface area contributed by atoms with Crippen LogP contribution in [0.3, 0.4) is 0 Å². The maximum atomic E-state index is 12.7. The van der Waals surface area contributed by atoms with Crippen molar-refractivity contribution in [2.75, 3.05) is 19.6 Å². The maximum absolute atomic E-state index is 12.7. The summed E-state index contributed by atoms with van der Waals surface area (Å²) in [6.45, 7) is 12.4. The number of benzene rings is 1. The smallest absolute Gasteiger partial charge is 0.243 e. The Bertz CT molecular complexity index is 564. The van der Waals surface area contributed by atoms with E-state index in [0.29, 0.717) is 24.5 Å². The quantitative estimate of drug-likeness (QED) is 0.751. The number of aryl methyl sites for hydroxylation is 2. The fourth-order valence-electron chi connectivity index (χ4n) is 2.45. The SMILES string of the molecule is CCCNCc1cc(S(=O)(=O)N(CC)CC)c(C)cc1C. The van der Waals surface area contributed by atoms with Crippen molar-refractivity contribution in [1.82, 2.24) is 9.62 Å². The first kappa shape index (κ1) is 18.1. The summed E-state index contributed by atoms with van der Waals surface area (Å²) in [5.41, 5.74) is 3.01. The van der Waals surface area contributed by atoms with Crippen LogP contribution in [0.25, 0.3) is 0 Å². The number of nitrogens with one attached hydrogen (secondary N) is 1. The second-order valence-corrected chi connectivity index (χ2v) is 7.22. The van der Waals surface area contributed by atoms with Crippen LogP contribution in [-0.4, -0.2) is 32.4 Å². The lowest BCUT2D eigenvalue weighted by Crippen LogP contribution is -2.31. The number of hydrogen-bond donors (Lipinski definition) is 1. The lowest BCUT2D eigenvalue weighted by Gasteiger charge is -2.21. The highest BCUT2D eigenvalue weighted by Gasteiger charge is 2.24. The molecule has 0 radical (unpaired) electrons. The summed E-state index contributed by atoms with van der Waals surface area (Å²) in [5.74, 6) is 0. The Morgan fingerprint density at radius 1 is 1.05 bits per heavy atom. The molecule has 0 saturated carbocycles. The molecule has 0 fully saturated rings. The standard InChI is InChI=1S/C16H28N2O2S/c1-6-9-17-12-15-11-16(14(5)10-13(15)4)21(19,20)18(7-2)8-3/h10-11,17H,6-9,12H2,1-5H3. The first-order valence-electron chi connectivity index (χ1n) is 7.69. The van der Waals surface area contributed by atoms with Crippen LogP contribution in [0.2, 0.25) is 0 Å². The fraction of sp³-hybridized carbons (Fsp3) is 0.625. The highest BCUT2D eigenvalue weighted by atomic mass is 32.2. The Morgan fingerprint density at radius 3 is 2.19 bits per heavy atom. The van der Waals surface area contributed by atoms with Gasteiger partial charge in [0.2, 0.25) is 10.0 Å². The minimum absolute atomic E-state index is 0.435. The molecule has 0 heterocycles. The van der Waals surface area contributed by atoms with E-state index in [0.717, 1.165) is 29.7 Å². The van der Waals surface area contributed by atoms with Crippen LogP contribution in [0.1, 0.15) is 43.9 Å². The van der Waals surface area contributed by atoms with E-state index in [1.165, 1.54) is 4.31 Å². The molecule has 1 aromatic rings. The van der Waals surface area contributed by atoms with Crippen molar-refractivity contribution in [1.29, 1.82) is 0 Å². The van der Waals surface area contributed by atoms with Gasteiger partial charge in [0, 0.05) is 19.6 Å². The molecule has 4 nitrogen and oxygen atoms in total. The zero-order valence-corrected chi connectivity index (χ0v) is 14.7. The predicted molar refractivity (Wildman–Crippen MR) is 88.0 cm³/mol. The Balaban J connectivity index is 3.21. The molecule has 0 spiro atoms. The second-order valence-electron chi connectivity index (χ2n) is 5.31. The third kappa shape index (κ3) is 4.28. The molecule has 0 amide bonds. The van der Waals surface area contributed by atoms with Gasteiger partial charge in [-0.05, 0) is 49.6 Å². The van der Waals surface area contributed by atoms with Crippen LogP contribution in [0, 0.1) is 13.8 Å². The largest absolute Gasteiger partial charge is 0.313 e. The summed E-state index contributed by atoms with van der Waals surface area (Å²) in [6, 6.07) is 3.81. The van der Waals surface area contributed by atoms with Gasteiger partial charge in [0.1, 0.15) is 0 Å². The molecule has 1 N–H and O–H groups in total. The van der Waals surface area contributed by atoms with Gasteiger partial charge < -0.3 is 5.32 Å². The van der Waals surface area contributed by atoms with Crippen LogP contribution in [0.4, 0.5) is 0 Å². The molecule has 21 heavy (non-hydrogen) atoms. The number of rotatable bonds is 8. The maximum Gasteiger partial charge on any atom is 0.243 e. The normalized spacial score (nSPS) is 12.1. The van der Waals surface area contributed by atoms with Crippen LogP contribution in [0.15, 0.2) is 17.0 Å². The van der Waals surface area contributed by atoms with Crippen molar-refractivity contribution in [3.05, 3.63) is 28.8 Å². The fourth-order valence-corrected chi connectivity index (χ4v) is 4.16. The molecule has 1 aromatic carbocycles. The zero-order valence-electron chi connectivity index (χ0n) is 13.9. The van der Waals surface area contributed by atoms with Crippen LogP contribution in [-0.2, 0) is 16.6 Å². The van der Waals surface area contributed by atoms with Crippen molar-refractivity contribution in [3.63, 3.8) is 0 Å². The van der Waals surface area contributed by atoms with Gasteiger partial charge in [-0.2, -0.15) is 4.31 Å². The average molecular weight is 312 g/mol. The lowest BCUT2D eigenvalue weighted by atomic mass is 10.1. The number of sulfonamides is 1. The van der Waals surface area contributed by atoms with Crippen molar-refractivity contribution < 1.29 is 8.42 Å². The van der Waals surface area contributed by atoms with Crippen molar-refractivity contribution in [2.24, 2.45) is 0 Å². The highest BCUT2D eigenvalue weighted by molar-refractivity contribution is 7.89. The van der Waals surface area contributed by atoms with Gasteiger partial charge in [-0.15, -0.1) is 0 Å². The van der Waals surface area contributed by atoms with Gasteiger partial charge >= 0.3 is 0 Å².